The maximum Gasteiger partial charge on any atom is 0.301 e. The number of carbonyl (C=O) groups excluding carboxylic acids is 2. The quantitative estimate of drug-likeness (QED) is 0.816. The van der Waals surface area contributed by atoms with Gasteiger partial charge in [-0.1, -0.05) is 5.10 Å². The third kappa shape index (κ3) is 4.25. The second kappa shape index (κ2) is 7.61. The fourth-order valence-electron chi connectivity index (χ4n) is 3.61. The van der Waals surface area contributed by atoms with Gasteiger partial charge in [0, 0.05) is 25.1 Å². The molecule has 5 rings (SSSR count). The smallest absolute Gasteiger partial charge is 0.301 e. The molecule has 1 aromatic carbocycles. The summed E-state index contributed by atoms with van der Waals surface area (Å²) in [7, 11) is 0. The molecular formula is C18H21N5O3S. The normalized spacial score (nSPS) is 23.7. The Morgan fingerprint density at radius 3 is 2.56 bits per heavy atom. The van der Waals surface area contributed by atoms with Crippen molar-refractivity contribution in [1.82, 2.24) is 20.4 Å². The van der Waals surface area contributed by atoms with Crippen molar-refractivity contribution < 1.29 is 14.3 Å². The molecule has 27 heavy (non-hydrogen) atoms. The summed E-state index contributed by atoms with van der Waals surface area (Å²) in [5.41, 5.74) is 0.606. The lowest BCUT2D eigenvalue weighted by Crippen LogP contribution is -2.57. The minimum absolute atomic E-state index is 0.0517. The molecule has 2 N–H and O–H groups in total. The van der Waals surface area contributed by atoms with E-state index in [4.69, 9.17) is 4.74 Å². The molecule has 142 valence electrons. The number of rotatable bonds is 5. The fourth-order valence-corrected chi connectivity index (χ4v) is 4.27. The minimum atomic E-state index is -0.212. The molecule has 0 saturated carbocycles. The Hall–Kier alpha value is -2.52. The van der Waals surface area contributed by atoms with E-state index in [0.717, 1.165) is 31.0 Å². The first kappa shape index (κ1) is 17.9. The first-order valence-electron chi connectivity index (χ1n) is 8.99. The number of benzene rings is 1. The Bertz CT molecular complexity index is 830. The van der Waals surface area contributed by atoms with E-state index >= 15 is 0 Å². The number of amides is 2. The summed E-state index contributed by atoms with van der Waals surface area (Å²) in [6.45, 7) is 4.66. The molecule has 1 aromatic heterocycles. The standard InChI is InChI=1S/C18H21N5O3S/c1-11(24)19-17-21-22-18(27-17)26-14-4-2-13(3-5-14)16(25)20-15-10-23-8-6-12(15)7-9-23/h2-5,12,15H,6-10H2,1H3,(H,20,25)(H,19,21,24). The zero-order valence-electron chi connectivity index (χ0n) is 15.0. The average Bonchev–Trinajstić information content (AvgIpc) is 3.09. The molecule has 3 saturated heterocycles. The van der Waals surface area contributed by atoms with Crippen molar-refractivity contribution in [3.63, 3.8) is 0 Å². The first-order chi connectivity index (χ1) is 13.1. The van der Waals surface area contributed by atoms with Gasteiger partial charge in [-0.3, -0.25) is 9.59 Å². The molecule has 8 nitrogen and oxygen atoms in total. The topological polar surface area (TPSA) is 96.5 Å². The molecule has 1 unspecified atom stereocenters. The molecule has 1 atom stereocenters. The molecule has 3 aliphatic heterocycles. The molecule has 2 bridgehead atoms. The number of anilines is 1. The van der Waals surface area contributed by atoms with Crippen LogP contribution >= 0.6 is 11.3 Å². The second-order valence-electron chi connectivity index (χ2n) is 6.90. The van der Waals surface area contributed by atoms with Crippen molar-refractivity contribution in [2.24, 2.45) is 5.92 Å². The van der Waals surface area contributed by atoms with Gasteiger partial charge < -0.3 is 20.3 Å². The molecule has 3 aliphatic rings. The summed E-state index contributed by atoms with van der Waals surface area (Å²) < 4.78 is 5.62. The Kier molecular flexibility index (Phi) is 5.04. The lowest BCUT2D eigenvalue weighted by Gasteiger charge is -2.44. The first-order valence-corrected chi connectivity index (χ1v) is 9.81. The Balaban J connectivity index is 1.35. The third-order valence-corrected chi connectivity index (χ3v) is 5.70. The zero-order valence-corrected chi connectivity index (χ0v) is 15.8. The van der Waals surface area contributed by atoms with E-state index < -0.39 is 0 Å². The van der Waals surface area contributed by atoms with Crippen LogP contribution in [0.1, 0.15) is 30.1 Å². The maximum absolute atomic E-state index is 12.5. The van der Waals surface area contributed by atoms with Crippen LogP contribution in [0.15, 0.2) is 24.3 Å². The van der Waals surface area contributed by atoms with Gasteiger partial charge in [0.25, 0.3) is 5.91 Å². The molecule has 0 spiro atoms. The lowest BCUT2D eigenvalue weighted by atomic mass is 9.84. The highest BCUT2D eigenvalue weighted by atomic mass is 32.1. The van der Waals surface area contributed by atoms with E-state index in [1.54, 1.807) is 24.3 Å². The van der Waals surface area contributed by atoms with E-state index in [2.05, 4.69) is 25.7 Å². The van der Waals surface area contributed by atoms with Crippen LogP contribution in [0, 0.1) is 5.92 Å². The van der Waals surface area contributed by atoms with Crippen molar-refractivity contribution >= 4 is 28.3 Å². The van der Waals surface area contributed by atoms with Crippen molar-refractivity contribution in [3.8, 4) is 10.9 Å². The number of piperidine rings is 3. The Morgan fingerprint density at radius 2 is 1.93 bits per heavy atom. The van der Waals surface area contributed by atoms with Gasteiger partial charge >= 0.3 is 5.19 Å². The van der Waals surface area contributed by atoms with Gasteiger partial charge in [0.1, 0.15) is 5.75 Å². The van der Waals surface area contributed by atoms with Crippen molar-refractivity contribution in [3.05, 3.63) is 29.8 Å². The Labute approximate surface area is 160 Å². The van der Waals surface area contributed by atoms with E-state index in [1.807, 2.05) is 0 Å². The van der Waals surface area contributed by atoms with Crippen molar-refractivity contribution in [2.45, 2.75) is 25.8 Å². The molecule has 0 radical (unpaired) electrons. The van der Waals surface area contributed by atoms with E-state index in [9.17, 15) is 9.59 Å². The van der Waals surface area contributed by atoms with Gasteiger partial charge in [-0.05, 0) is 67.5 Å². The SMILES string of the molecule is CC(=O)Nc1nnc(Oc2ccc(C(=O)NC3CN4CCC3CC4)cc2)s1. The van der Waals surface area contributed by atoms with Crippen molar-refractivity contribution in [1.29, 1.82) is 0 Å². The molecule has 9 heteroatoms. The molecule has 3 fully saturated rings. The number of hydrogen-bond acceptors (Lipinski definition) is 7. The fraction of sp³-hybridized carbons (Fsp3) is 0.444. The van der Waals surface area contributed by atoms with Crippen LogP contribution in [0.5, 0.6) is 10.9 Å². The highest BCUT2D eigenvalue weighted by molar-refractivity contribution is 7.17. The Morgan fingerprint density at radius 1 is 1.19 bits per heavy atom. The number of nitrogens with one attached hydrogen (secondary N) is 2. The lowest BCUT2D eigenvalue weighted by molar-refractivity contribution is -0.114. The maximum atomic E-state index is 12.5. The molecule has 2 amide bonds. The van der Waals surface area contributed by atoms with Gasteiger partial charge in [0.15, 0.2) is 0 Å². The minimum Gasteiger partial charge on any atom is -0.430 e. The third-order valence-electron chi connectivity index (χ3n) is 4.98. The van der Waals surface area contributed by atoms with Crippen LogP contribution < -0.4 is 15.4 Å². The van der Waals surface area contributed by atoms with Crippen molar-refractivity contribution in [2.75, 3.05) is 25.0 Å². The van der Waals surface area contributed by atoms with Crippen LogP contribution in [0.4, 0.5) is 5.13 Å². The summed E-state index contributed by atoms with van der Waals surface area (Å²) >= 11 is 1.14. The second-order valence-corrected chi connectivity index (χ2v) is 7.84. The summed E-state index contributed by atoms with van der Waals surface area (Å²) in [6.07, 6.45) is 2.33. The van der Waals surface area contributed by atoms with Crippen LogP contribution in [0.25, 0.3) is 0 Å². The van der Waals surface area contributed by atoms with Crippen LogP contribution in [-0.4, -0.2) is 52.6 Å². The highest BCUT2D eigenvalue weighted by Crippen LogP contribution is 2.29. The van der Waals surface area contributed by atoms with Gasteiger partial charge in [0.05, 0.1) is 0 Å². The highest BCUT2D eigenvalue weighted by Gasteiger charge is 2.34. The molecule has 0 aliphatic carbocycles. The number of nitrogens with zero attached hydrogens (tertiary/aromatic N) is 3. The molecular weight excluding hydrogens is 366 g/mol. The monoisotopic (exact) mass is 387 g/mol. The van der Waals surface area contributed by atoms with Gasteiger partial charge in [-0.15, -0.1) is 5.10 Å². The van der Waals surface area contributed by atoms with Gasteiger partial charge in [-0.2, -0.15) is 0 Å². The largest absolute Gasteiger partial charge is 0.430 e. The average molecular weight is 387 g/mol. The summed E-state index contributed by atoms with van der Waals surface area (Å²) in [5.74, 6) is 0.886. The van der Waals surface area contributed by atoms with E-state index in [1.165, 1.54) is 19.8 Å². The summed E-state index contributed by atoms with van der Waals surface area (Å²) in [4.78, 5) is 26.0. The number of hydrogen-bond donors (Lipinski definition) is 2. The molecule has 4 heterocycles. The van der Waals surface area contributed by atoms with E-state index in [-0.39, 0.29) is 17.9 Å². The number of aromatic nitrogens is 2. The van der Waals surface area contributed by atoms with Gasteiger partial charge in [0.2, 0.25) is 11.0 Å². The van der Waals surface area contributed by atoms with Crippen LogP contribution in [-0.2, 0) is 4.79 Å². The van der Waals surface area contributed by atoms with E-state index in [0.29, 0.717) is 27.6 Å². The number of carbonyl (C=O) groups is 2. The van der Waals surface area contributed by atoms with Crippen LogP contribution in [0.2, 0.25) is 0 Å². The predicted molar refractivity (Wildman–Crippen MR) is 101 cm³/mol. The summed E-state index contributed by atoms with van der Waals surface area (Å²) in [6, 6.07) is 7.17. The van der Waals surface area contributed by atoms with Crippen LogP contribution in [0.3, 0.4) is 0 Å². The summed E-state index contributed by atoms with van der Waals surface area (Å²) in [5, 5.41) is 14.1. The zero-order chi connectivity index (χ0) is 18.8. The van der Waals surface area contributed by atoms with Gasteiger partial charge in [-0.25, -0.2) is 0 Å². The number of fused-ring (bicyclic) bond motifs is 3. The predicted octanol–water partition coefficient (Wildman–Crippen LogP) is 2.11. The molecule has 2 aromatic rings. The number of ether oxygens (including phenoxy) is 1.